The first-order valence-corrected chi connectivity index (χ1v) is 9.97. The van der Waals surface area contributed by atoms with Crippen LogP contribution in [0.2, 0.25) is 0 Å². The van der Waals surface area contributed by atoms with Gasteiger partial charge in [-0.3, -0.25) is 33.6 Å². The number of primary amides is 1. The van der Waals surface area contributed by atoms with Gasteiger partial charge >= 0.3 is 23.9 Å². The van der Waals surface area contributed by atoms with E-state index in [1.807, 2.05) is 10.6 Å². The van der Waals surface area contributed by atoms with E-state index in [4.69, 9.17) is 31.9 Å². The summed E-state index contributed by atoms with van der Waals surface area (Å²) in [6.45, 7) is 0. The van der Waals surface area contributed by atoms with Gasteiger partial charge in [0.05, 0.1) is 18.9 Å². The van der Waals surface area contributed by atoms with Gasteiger partial charge in [-0.15, -0.1) is 0 Å². The van der Waals surface area contributed by atoms with Crippen LogP contribution < -0.4 is 27.4 Å². The van der Waals surface area contributed by atoms with Crippen LogP contribution in [0, 0.1) is 0 Å². The molecular weight excluding hydrogens is 478 g/mol. The van der Waals surface area contributed by atoms with Crippen LogP contribution in [0.5, 0.6) is 0 Å². The number of rotatable bonds is 17. The Morgan fingerprint density at radius 1 is 0.600 bits per heavy atom. The van der Waals surface area contributed by atoms with Crippen LogP contribution in [-0.4, -0.2) is 92.1 Å². The Morgan fingerprint density at radius 2 is 1.03 bits per heavy atom. The molecule has 0 heterocycles. The topological polar surface area (TPSA) is 306 Å². The van der Waals surface area contributed by atoms with Crippen molar-refractivity contribution >= 4 is 47.5 Å². The van der Waals surface area contributed by atoms with E-state index in [0.29, 0.717) is 0 Å². The average Bonchev–Trinajstić information content (AvgIpc) is 2.71. The van der Waals surface area contributed by atoms with Crippen molar-refractivity contribution in [3.8, 4) is 0 Å². The van der Waals surface area contributed by atoms with Gasteiger partial charge < -0.3 is 47.8 Å². The molecule has 0 fully saturated rings. The van der Waals surface area contributed by atoms with E-state index in [1.54, 1.807) is 0 Å². The zero-order valence-electron chi connectivity index (χ0n) is 18.3. The second-order valence-electron chi connectivity index (χ2n) is 7.26. The second-order valence-corrected chi connectivity index (χ2v) is 7.26. The molecule has 0 saturated heterocycles. The zero-order valence-corrected chi connectivity index (χ0v) is 18.3. The number of nitrogens with one attached hydrogen (secondary N) is 3. The molecule has 0 radical (unpaired) electrons. The monoisotopic (exact) mass is 505 g/mol. The number of hydrogen-bond acceptors (Lipinski definition) is 9. The minimum absolute atomic E-state index is 0.520. The summed E-state index contributed by atoms with van der Waals surface area (Å²) in [5.74, 6) is -10.3. The summed E-state index contributed by atoms with van der Waals surface area (Å²) < 4.78 is 0. The summed E-state index contributed by atoms with van der Waals surface area (Å²) in [5.41, 5.74) is 10.5. The molecule has 0 aromatic rings. The molecular formula is C18H27N5O12. The maximum absolute atomic E-state index is 12.7. The van der Waals surface area contributed by atoms with E-state index in [0.717, 1.165) is 0 Å². The lowest BCUT2D eigenvalue weighted by Gasteiger charge is -2.24. The summed E-state index contributed by atoms with van der Waals surface area (Å²) in [6.07, 6.45) is -3.94. The van der Waals surface area contributed by atoms with E-state index in [1.165, 1.54) is 0 Å². The van der Waals surface area contributed by atoms with E-state index >= 15 is 0 Å². The van der Waals surface area contributed by atoms with Crippen LogP contribution >= 0.6 is 0 Å². The molecule has 0 aromatic carbocycles. The fourth-order valence-corrected chi connectivity index (χ4v) is 2.58. The third-order valence-corrected chi connectivity index (χ3v) is 4.31. The molecule has 0 aromatic heterocycles. The molecule has 0 bridgehead atoms. The summed E-state index contributed by atoms with van der Waals surface area (Å²) in [7, 11) is 0. The first-order valence-electron chi connectivity index (χ1n) is 9.97. The van der Waals surface area contributed by atoms with Gasteiger partial charge in [-0.2, -0.15) is 0 Å². The van der Waals surface area contributed by atoms with Crippen molar-refractivity contribution in [2.75, 3.05) is 0 Å². The lowest BCUT2D eigenvalue weighted by atomic mass is 10.1. The SMILES string of the molecule is NC(=O)CC(NC(=O)C(CCC(=O)O)NC(=O)C(N)CC(=O)O)C(=O)NC(CCC(=O)O)C(=O)O. The Morgan fingerprint density at radius 3 is 1.46 bits per heavy atom. The van der Waals surface area contributed by atoms with Gasteiger partial charge in [0, 0.05) is 12.8 Å². The quantitative estimate of drug-likeness (QED) is 0.0909. The van der Waals surface area contributed by atoms with Crippen LogP contribution in [0.15, 0.2) is 0 Å². The van der Waals surface area contributed by atoms with Gasteiger partial charge in [0.15, 0.2) is 0 Å². The Labute approximate surface area is 197 Å². The Hall–Kier alpha value is -4.28. The highest BCUT2D eigenvalue weighted by atomic mass is 16.4. The van der Waals surface area contributed by atoms with E-state index in [9.17, 15) is 38.4 Å². The summed E-state index contributed by atoms with van der Waals surface area (Å²) >= 11 is 0. The molecule has 0 aliphatic carbocycles. The van der Waals surface area contributed by atoms with Crippen molar-refractivity contribution in [3.05, 3.63) is 0 Å². The number of carboxylic acid groups (broad SMARTS) is 4. The zero-order chi connectivity index (χ0) is 27.3. The summed E-state index contributed by atoms with van der Waals surface area (Å²) in [4.78, 5) is 92.2. The Kier molecular flexibility index (Phi) is 13.0. The number of nitrogens with two attached hydrogens (primary N) is 2. The van der Waals surface area contributed by atoms with Crippen molar-refractivity contribution in [2.24, 2.45) is 11.5 Å². The van der Waals surface area contributed by atoms with E-state index < -0.39 is 110 Å². The summed E-state index contributed by atoms with van der Waals surface area (Å²) in [6, 6.07) is -6.70. The molecule has 0 spiro atoms. The van der Waals surface area contributed by atoms with Crippen molar-refractivity contribution in [1.82, 2.24) is 16.0 Å². The first kappa shape index (κ1) is 30.7. The molecule has 196 valence electrons. The predicted octanol–water partition coefficient (Wildman–Crippen LogP) is -4.07. The molecule has 17 heteroatoms. The van der Waals surface area contributed by atoms with E-state index in [2.05, 4.69) is 5.32 Å². The van der Waals surface area contributed by atoms with Gasteiger partial charge in [0.25, 0.3) is 0 Å². The molecule has 11 N–H and O–H groups in total. The maximum Gasteiger partial charge on any atom is 0.326 e. The largest absolute Gasteiger partial charge is 0.481 e. The van der Waals surface area contributed by atoms with Crippen molar-refractivity contribution in [3.63, 3.8) is 0 Å². The van der Waals surface area contributed by atoms with Gasteiger partial charge in [-0.1, -0.05) is 0 Å². The fourth-order valence-electron chi connectivity index (χ4n) is 2.58. The highest BCUT2D eigenvalue weighted by molar-refractivity contribution is 5.96. The van der Waals surface area contributed by atoms with Crippen LogP contribution in [-0.2, 0) is 38.4 Å². The summed E-state index contributed by atoms with van der Waals surface area (Å²) in [5, 5.41) is 41.5. The number of carbonyl (C=O) groups excluding carboxylic acids is 4. The molecule has 35 heavy (non-hydrogen) atoms. The van der Waals surface area contributed by atoms with Gasteiger partial charge in [-0.05, 0) is 12.8 Å². The Bertz CT molecular complexity index is 861. The van der Waals surface area contributed by atoms with Crippen LogP contribution in [0.3, 0.4) is 0 Å². The minimum atomic E-state index is -1.77. The molecule has 0 saturated carbocycles. The molecule has 17 nitrogen and oxygen atoms in total. The lowest BCUT2D eigenvalue weighted by molar-refractivity contribution is -0.143. The van der Waals surface area contributed by atoms with Gasteiger partial charge in [0.1, 0.15) is 18.1 Å². The first-order chi connectivity index (χ1) is 16.1. The fraction of sp³-hybridized carbons (Fsp3) is 0.556. The Balaban J connectivity index is 5.60. The van der Waals surface area contributed by atoms with Crippen molar-refractivity contribution in [2.45, 2.75) is 62.7 Å². The molecule has 0 aliphatic rings. The van der Waals surface area contributed by atoms with Crippen LogP contribution in [0.1, 0.15) is 38.5 Å². The van der Waals surface area contributed by atoms with Crippen molar-refractivity contribution < 1.29 is 58.8 Å². The highest BCUT2D eigenvalue weighted by Crippen LogP contribution is 2.04. The number of amides is 4. The van der Waals surface area contributed by atoms with Crippen LogP contribution in [0.25, 0.3) is 0 Å². The molecule has 0 rings (SSSR count). The van der Waals surface area contributed by atoms with Crippen molar-refractivity contribution in [1.29, 1.82) is 0 Å². The lowest BCUT2D eigenvalue weighted by Crippen LogP contribution is -2.58. The predicted molar refractivity (Wildman–Crippen MR) is 111 cm³/mol. The third-order valence-electron chi connectivity index (χ3n) is 4.31. The number of aliphatic carboxylic acids is 4. The number of carboxylic acids is 4. The third kappa shape index (κ3) is 13.1. The highest BCUT2D eigenvalue weighted by Gasteiger charge is 2.32. The second kappa shape index (κ2) is 14.8. The van der Waals surface area contributed by atoms with Gasteiger partial charge in [-0.25, -0.2) is 4.79 Å². The average molecular weight is 505 g/mol. The molecule has 4 amide bonds. The smallest absolute Gasteiger partial charge is 0.326 e. The standard InChI is InChI=1S/C18H27N5O12/c19-7(5-14(29)30)15(31)21-8(1-3-12(25)26)16(32)23-10(6-11(20)24)17(33)22-9(18(34)35)2-4-13(27)28/h7-10H,1-6,19H2,(H2,20,24)(H,21,31)(H,22,33)(H,23,32)(H,25,26)(H,27,28)(H,29,30)(H,34,35). The molecule has 4 atom stereocenters. The van der Waals surface area contributed by atoms with Gasteiger partial charge in [0.2, 0.25) is 23.6 Å². The minimum Gasteiger partial charge on any atom is -0.481 e. The normalized spacial score (nSPS) is 13.9. The molecule has 4 unspecified atom stereocenters. The maximum atomic E-state index is 12.7. The molecule has 0 aliphatic heterocycles. The number of carbonyl (C=O) groups is 8. The van der Waals surface area contributed by atoms with E-state index in [-0.39, 0.29) is 0 Å². The number of hydrogen-bond donors (Lipinski definition) is 9. The van der Waals surface area contributed by atoms with Crippen LogP contribution in [0.4, 0.5) is 0 Å².